The van der Waals surface area contributed by atoms with Gasteiger partial charge in [0.15, 0.2) is 0 Å². The van der Waals surface area contributed by atoms with Crippen molar-refractivity contribution in [3.8, 4) is 0 Å². The molecule has 3 unspecified atom stereocenters. The first-order valence-electron chi connectivity index (χ1n) is 6.88. The molecule has 1 fully saturated rings. The van der Waals surface area contributed by atoms with Crippen molar-refractivity contribution in [3.63, 3.8) is 0 Å². The molecule has 1 aliphatic rings. The van der Waals surface area contributed by atoms with Gasteiger partial charge in [0.2, 0.25) is 0 Å². The van der Waals surface area contributed by atoms with Gasteiger partial charge < -0.3 is 10.2 Å². The molecule has 0 saturated carbocycles. The van der Waals surface area contributed by atoms with E-state index in [9.17, 15) is 0 Å². The summed E-state index contributed by atoms with van der Waals surface area (Å²) in [6.45, 7) is 9.10. The van der Waals surface area contributed by atoms with Crippen LogP contribution in [0.5, 0.6) is 0 Å². The number of thioether (sulfide) groups is 1. The number of hydrogen-bond donors (Lipinski definition) is 1. The van der Waals surface area contributed by atoms with Gasteiger partial charge in [0.05, 0.1) is 0 Å². The van der Waals surface area contributed by atoms with E-state index in [0.29, 0.717) is 16.5 Å². The summed E-state index contributed by atoms with van der Waals surface area (Å²) >= 11 is 5.81. The molecule has 0 aromatic heterocycles. The average Bonchev–Trinajstić information content (AvgIpc) is 2.36. The second-order valence-corrected chi connectivity index (χ2v) is 8.11. The number of rotatable bonds is 3. The Bertz CT molecular complexity index is 428. The number of hydrogen-bond acceptors (Lipinski definition) is 3. The predicted molar refractivity (Wildman–Crippen MR) is 90.3 cm³/mol. The lowest BCUT2D eigenvalue weighted by Gasteiger charge is -2.36. The maximum atomic E-state index is 3.71. The molecule has 2 rings (SSSR count). The average molecular weight is 343 g/mol. The van der Waals surface area contributed by atoms with Crippen LogP contribution in [0.25, 0.3) is 0 Å². The first-order chi connectivity index (χ1) is 9.01. The van der Waals surface area contributed by atoms with Crippen molar-refractivity contribution in [2.75, 3.05) is 25.0 Å². The zero-order valence-corrected chi connectivity index (χ0v) is 14.5. The Kier molecular flexibility index (Phi) is 5.21. The summed E-state index contributed by atoms with van der Waals surface area (Å²) < 4.78 is 1.20. The zero-order chi connectivity index (χ0) is 14.0. The number of nitrogens with zero attached hydrogens (tertiary/aromatic N) is 1. The highest BCUT2D eigenvalue weighted by Crippen LogP contribution is 2.32. The Labute approximate surface area is 129 Å². The minimum absolute atomic E-state index is 0.373. The molecule has 1 aliphatic heterocycles. The molecule has 4 heteroatoms. The largest absolute Gasteiger partial charge is 0.369 e. The van der Waals surface area contributed by atoms with Crippen molar-refractivity contribution in [2.45, 2.75) is 37.3 Å². The maximum absolute atomic E-state index is 3.71. The smallest absolute Gasteiger partial charge is 0.0378 e. The van der Waals surface area contributed by atoms with E-state index in [4.69, 9.17) is 0 Å². The Morgan fingerprint density at radius 2 is 1.95 bits per heavy atom. The van der Waals surface area contributed by atoms with Gasteiger partial charge in [-0.2, -0.15) is 11.8 Å². The minimum atomic E-state index is 0.373. The lowest BCUT2D eigenvalue weighted by Crippen LogP contribution is -2.40. The summed E-state index contributed by atoms with van der Waals surface area (Å²) in [6, 6.07) is 7.12. The van der Waals surface area contributed by atoms with Gasteiger partial charge in [-0.15, -0.1) is 0 Å². The highest BCUT2D eigenvalue weighted by Gasteiger charge is 2.23. The molecule has 0 spiro atoms. The van der Waals surface area contributed by atoms with Crippen LogP contribution in [0.15, 0.2) is 22.7 Å². The van der Waals surface area contributed by atoms with Crippen LogP contribution in [0.1, 0.15) is 32.4 Å². The van der Waals surface area contributed by atoms with Crippen LogP contribution >= 0.6 is 27.7 Å². The van der Waals surface area contributed by atoms with Crippen LogP contribution in [0.3, 0.4) is 0 Å². The van der Waals surface area contributed by atoms with Gasteiger partial charge in [-0.3, -0.25) is 0 Å². The van der Waals surface area contributed by atoms with Gasteiger partial charge in [0.25, 0.3) is 0 Å². The third kappa shape index (κ3) is 3.67. The zero-order valence-electron chi connectivity index (χ0n) is 12.1. The molecule has 19 heavy (non-hydrogen) atoms. The summed E-state index contributed by atoms with van der Waals surface area (Å²) in [5.74, 6) is 0. The molecule has 1 aromatic rings. The van der Waals surface area contributed by atoms with E-state index in [-0.39, 0.29) is 0 Å². The lowest BCUT2D eigenvalue weighted by molar-refractivity contribution is 0.649. The highest BCUT2D eigenvalue weighted by atomic mass is 79.9. The number of nitrogens with one attached hydrogen (secondary N) is 1. The van der Waals surface area contributed by atoms with E-state index in [2.05, 4.69) is 76.9 Å². The fraction of sp³-hybridized carbons (Fsp3) is 0.600. The van der Waals surface area contributed by atoms with Crippen molar-refractivity contribution in [1.29, 1.82) is 0 Å². The van der Waals surface area contributed by atoms with Gasteiger partial charge >= 0.3 is 0 Å². The molecule has 1 saturated heterocycles. The molecule has 3 atom stereocenters. The summed E-state index contributed by atoms with van der Waals surface area (Å²) in [4.78, 5) is 2.50. The molecule has 0 amide bonds. The standard InChI is InChI=1S/C15H23BrN2S/c1-10-8-18(9-11(2)19-10)13-5-6-14(12(3)17-4)15(16)7-13/h5-7,10-12,17H,8-9H2,1-4H3. The molecule has 0 radical (unpaired) electrons. The van der Waals surface area contributed by atoms with Crippen LogP contribution < -0.4 is 10.2 Å². The van der Waals surface area contributed by atoms with E-state index in [1.54, 1.807) is 0 Å². The van der Waals surface area contributed by atoms with Gasteiger partial charge in [-0.25, -0.2) is 0 Å². The lowest BCUT2D eigenvalue weighted by atomic mass is 10.1. The van der Waals surface area contributed by atoms with Crippen molar-refractivity contribution < 1.29 is 0 Å². The van der Waals surface area contributed by atoms with Gasteiger partial charge in [0, 0.05) is 39.8 Å². The topological polar surface area (TPSA) is 15.3 Å². The molecule has 0 bridgehead atoms. The molecule has 1 aromatic carbocycles. The van der Waals surface area contributed by atoms with Crippen molar-refractivity contribution in [1.82, 2.24) is 5.32 Å². The third-order valence-corrected chi connectivity index (χ3v) is 5.58. The first kappa shape index (κ1) is 15.2. The van der Waals surface area contributed by atoms with Gasteiger partial charge in [-0.1, -0.05) is 35.8 Å². The van der Waals surface area contributed by atoms with Gasteiger partial charge in [-0.05, 0) is 31.7 Å². The van der Waals surface area contributed by atoms with E-state index < -0.39 is 0 Å². The van der Waals surface area contributed by atoms with Crippen LogP contribution in [-0.2, 0) is 0 Å². The molecule has 2 nitrogen and oxygen atoms in total. The molecule has 106 valence electrons. The van der Waals surface area contributed by atoms with E-state index in [1.165, 1.54) is 15.7 Å². The maximum Gasteiger partial charge on any atom is 0.0378 e. The third-order valence-electron chi connectivity index (χ3n) is 3.67. The van der Waals surface area contributed by atoms with E-state index in [0.717, 1.165) is 13.1 Å². The Balaban J connectivity index is 2.19. The summed E-state index contributed by atoms with van der Waals surface area (Å²) in [7, 11) is 2.00. The van der Waals surface area contributed by atoms with Crippen LogP contribution in [0, 0.1) is 0 Å². The Morgan fingerprint density at radius 3 is 2.47 bits per heavy atom. The number of halogens is 1. The Morgan fingerprint density at radius 1 is 1.32 bits per heavy atom. The second-order valence-electron chi connectivity index (χ2n) is 5.38. The summed E-state index contributed by atoms with van der Waals surface area (Å²) in [6.07, 6.45) is 0. The van der Waals surface area contributed by atoms with E-state index in [1.807, 2.05) is 7.05 Å². The highest BCUT2D eigenvalue weighted by molar-refractivity contribution is 9.10. The molecule has 0 aliphatic carbocycles. The molecule has 1 N–H and O–H groups in total. The Hall–Kier alpha value is -0.190. The van der Waals surface area contributed by atoms with Gasteiger partial charge in [0.1, 0.15) is 0 Å². The predicted octanol–water partition coefficient (Wildman–Crippen LogP) is 4.06. The second kappa shape index (κ2) is 6.51. The molecular formula is C15H23BrN2S. The van der Waals surface area contributed by atoms with Crippen molar-refractivity contribution >= 4 is 33.4 Å². The number of benzene rings is 1. The molecular weight excluding hydrogens is 320 g/mol. The number of anilines is 1. The summed E-state index contributed by atoms with van der Waals surface area (Å²) in [5, 5.41) is 4.70. The van der Waals surface area contributed by atoms with Crippen molar-refractivity contribution in [3.05, 3.63) is 28.2 Å². The quantitative estimate of drug-likeness (QED) is 0.891. The van der Waals surface area contributed by atoms with Crippen LogP contribution in [0.4, 0.5) is 5.69 Å². The molecule has 1 heterocycles. The minimum Gasteiger partial charge on any atom is -0.369 e. The first-order valence-corrected chi connectivity index (χ1v) is 8.62. The van der Waals surface area contributed by atoms with Crippen molar-refractivity contribution in [2.24, 2.45) is 0 Å². The monoisotopic (exact) mass is 342 g/mol. The SMILES string of the molecule is CNC(C)c1ccc(N2CC(C)SC(C)C2)cc1Br. The van der Waals surface area contributed by atoms with Crippen LogP contribution in [-0.4, -0.2) is 30.6 Å². The fourth-order valence-corrected chi connectivity index (χ4v) is 4.64. The fourth-order valence-electron chi connectivity index (χ4n) is 2.61. The van der Waals surface area contributed by atoms with E-state index >= 15 is 0 Å². The summed E-state index contributed by atoms with van der Waals surface area (Å²) in [5.41, 5.74) is 2.65. The normalized spacial score (nSPS) is 25.4. The van der Waals surface area contributed by atoms with Crippen LogP contribution in [0.2, 0.25) is 0 Å².